The minimum Gasteiger partial charge on any atom is -0.396 e. The van der Waals surface area contributed by atoms with Crippen LogP contribution in [0.1, 0.15) is 30.5 Å². The molecule has 2 N–H and O–H groups in total. The Morgan fingerprint density at radius 3 is 2.55 bits per heavy atom. The fraction of sp³-hybridized carbons (Fsp3) is 0.471. The lowest BCUT2D eigenvalue weighted by molar-refractivity contribution is 0.253. The lowest BCUT2D eigenvalue weighted by atomic mass is 10.0. The molecule has 0 spiro atoms. The second-order valence-corrected chi connectivity index (χ2v) is 6.17. The van der Waals surface area contributed by atoms with Crippen molar-refractivity contribution in [3.05, 3.63) is 35.8 Å². The molecule has 2 heterocycles. The molecule has 0 atom stereocenters. The molecule has 1 aliphatic carbocycles. The lowest BCUT2D eigenvalue weighted by Gasteiger charge is -2.17. The van der Waals surface area contributed by atoms with Crippen LogP contribution in [-0.4, -0.2) is 33.2 Å². The molecule has 1 aliphatic rings. The first-order chi connectivity index (χ1) is 10.6. The summed E-state index contributed by atoms with van der Waals surface area (Å²) in [6.45, 7) is 5.17. The van der Waals surface area contributed by atoms with Crippen LogP contribution >= 0.6 is 0 Å². The first-order valence-corrected chi connectivity index (χ1v) is 7.74. The third-order valence-corrected chi connectivity index (χ3v) is 4.56. The van der Waals surface area contributed by atoms with E-state index in [1.165, 1.54) is 12.8 Å². The minimum absolute atomic E-state index is 0.256. The van der Waals surface area contributed by atoms with Gasteiger partial charge in [0.05, 0.1) is 0 Å². The standard InChI is InChI=1S/C17H22N4O/c1-12-13(2)20-16(14-3-8-18-9-4-14)21-15(12)19-11-17(5-6-17)7-10-22/h3-4,8-9,22H,5-7,10-11H2,1-2H3,(H,19,20,21). The topological polar surface area (TPSA) is 70.9 Å². The van der Waals surface area contributed by atoms with Crippen molar-refractivity contribution in [2.75, 3.05) is 18.5 Å². The molecule has 0 aromatic carbocycles. The highest BCUT2D eigenvalue weighted by molar-refractivity contribution is 5.59. The Kier molecular flexibility index (Phi) is 4.07. The summed E-state index contributed by atoms with van der Waals surface area (Å²) in [7, 11) is 0. The highest BCUT2D eigenvalue weighted by atomic mass is 16.3. The first-order valence-electron chi connectivity index (χ1n) is 7.74. The smallest absolute Gasteiger partial charge is 0.161 e. The molecule has 2 aromatic heterocycles. The van der Waals surface area contributed by atoms with Crippen LogP contribution in [-0.2, 0) is 0 Å². The van der Waals surface area contributed by atoms with E-state index < -0.39 is 0 Å². The summed E-state index contributed by atoms with van der Waals surface area (Å²) in [5, 5.41) is 12.6. The molecule has 0 unspecified atom stereocenters. The van der Waals surface area contributed by atoms with Crippen molar-refractivity contribution in [3.63, 3.8) is 0 Å². The summed E-state index contributed by atoms with van der Waals surface area (Å²) in [6, 6.07) is 3.84. The fourth-order valence-electron chi connectivity index (χ4n) is 2.63. The minimum atomic E-state index is 0.256. The first kappa shape index (κ1) is 14.9. The number of hydrogen-bond acceptors (Lipinski definition) is 5. The largest absolute Gasteiger partial charge is 0.396 e. The normalized spacial score (nSPS) is 15.6. The van der Waals surface area contributed by atoms with Crippen molar-refractivity contribution in [3.8, 4) is 11.4 Å². The van der Waals surface area contributed by atoms with Gasteiger partial charge in [-0.05, 0) is 50.7 Å². The van der Waals surface area contributed by atoms with Crippen molar-refractivity contribution >= 4 is 5.82 Å². The van der Waals surface area contributed by atoms with Crippen molar-refractivity contribution < 1.29 is 5.11 Å². The summed E-state index contributed by atoms with van der Waals surface area (Å²) in [6.07, 6.45) is 6.73. The van der Waals surface area contributed by atoms with Crippen LogP contribution in [0.4, 0.5) is 5.82 Å². The van der Waals surface area contributed by atoms with Gasteiger partial charge in [-0.25, -0.2) is 9.97 Å². The predicted octanol–water partition coefficient (Wildman–Crippen LogP) is 2.73. The van der Waals surface area contributed by atoms with E-state index in [1.54, 1.807) is 12.4 Å². The van der Waals surface area contributed by atoms with Crippen LogP contribution in [0, 0.1) is 19.3 Å². The van der Waals surface area contributed by atoms with Crippen LogP contribution in [0.2, 0.25) is 0 Å². The maximum absolute atomic E-state index is 9.17. The number of nitrogens with zero attached hydrogens (tertiary/aromatic N) is 3. The van der Waals surface area contributed by atoms with Crippen LogP contribution < -0.4 is 5.32 Å². The van der Waals surface area contributed by atoms with Crippen molar-refractivity contribution in [2.45, 2.75) is 33.1 Å². The van der Waals surface area contributed by atoms with E-state index in [2.05, 4.69) is 20.3 Å². The number of pyridine rings is 1. The van der Waals surface area contributed by atoms with Crippen LogP contribution in [0.3, 0.4) is 0 Å². The third-order valence-electron chi connectivity index (χ3n) is 4.56. The van der Waals surface area contributed by atoms with Gasteiger partial charge in [-0.3, -0.25) is 4.98 Å². The number of hydrogen-bond donors (Lipinski definition) is 2. The SMILES string of the molecule is Cc1nc(-c2ccncc2)nc(NCC2(CCO)CC2)c1C. The lowest BCUT2D eigenvalue weighted by Crippen LogP contribution is -2.18. The maximum atomic E-state index is 9.17. The molecule has 2 aromatic rings. The number of aliphatic hydroxyl groups excluding tert-OH is 1. The molecule has 0 aliphatic heterocycles. The van der Waals surface area contributed by atoms with E-state index in [0.717, 1.165) is 41.4 Å². The predicted molar refractivity (Wildman–Crippen MR) is 86.6 cm³/mol. The third kappa shape index (κ3) is 3.09. The van der Waals surface area contributed by atoms with Gasteiger partial charge in [-0.2, -0.15) is 0 Å². The molecule has 3 rings (SSSR count). The quantitative estimate of drug-likeness (QED) is 0.858. The van der Waals surface area contributed by atoms with Gasteiger partial charge in [0.25, 0.3) is 0 Å². The van der Waals surface area contributed by atoms with Gasteiger partial charge in [0.2, 0.25) is 0 Å². The molecule has 22 heavy (non-hydrogen) atoms. The van der Waals surface area contributed by atoms with Gasteiger partial charge < -0.3 is 10.4 Å². The zero-order valence-electron chi connectivity index (χ0n) is 13.1. The number of aliphatic hydroxyl groups is 1. The molecule has 1 saturated carbocycles. The molecular formula is C17H22N4O. The molecule has 1 fully saturated rings. The van der Waals surface area contributed by atoms with E-state index in [4.69, 9.17) is 0 Å². The van der Waals surface area contributed by atoms with Gasteiger partial charge in [0.15, 0.2) is 5.82 Å². The van der Waals surface area contributed by atoms with Gasteiger partial charge in [-0.15, -0.1) is 0 Å². The van der Waals surface area contributed by atoms with E-state index in [1.807, 2.05) is 26.0 Å². The van der Waals surface area contributed by atoms with Gasteiger partial charge in [-0.1, -0.05) is 0 Å². The summed E-state index contributed by atoms with van der Waals surface area (Å²) in [4.78, 5) is 13.3. The molecule has 0 saturated heterocycles. The van der Waals surface area contributed by atoms with E-state index in [0.29, 0.717) is 0 Å². The van der Waals surface area contributed by atoms with Gasteiger partial charge >= 0.3 is 0 Å². The second kappa shape index (κ2) is 6.01. The zero-order chi connectivity index (χ0) is 15.6. The van der Waals surface area contributed by atoms with Gasteiger partial charge in [0.1, 0.15) is 5.82 Å². The number of anilines is 1. The van der Waals surface area contributed by atoms with E-state index >= 15 is 0 Å². The van der Waals surface area contributed by atoms with Crippen molar-refractivity contribution in [2.24, 2.45) is 5.41 Å². The number of aryl methyl sites for hydroxylation is 1. The zero-order valence-corrected chi connectivity index (χ0v) is 13.1. The average molecular weight is 298 g/mol. The Bertz CT molecular complexity index is 653. The van der Waals surface area contributed by atoms with Crippen LogP contribution in [0.5, 0.6) is 0 Å². The fourth-order valence-corrected chi connectivity index (χ4v) is 2.63. The molecule has 5 nitrogen and oxygen atoms in total. The van der Waals surface area contributed by atoms with E-state index in [-0.39, 0.29) is 12.0 Å². The number of nitrogens with one attached hydrogen (secondary N) is 1. The molecular weight excluding hydrogens is 276 g/mol. The Morgan fingerprint density at radius 2 is 1.91 bits per heavy atom. The molecule has 0 amide bonds. The molecule has 0 radical (unpaired) electrons. The van der Waals surface area contributed by atoms with Crippen LogP contribution in [0.25, 0.3) is 11.4 Å². The van der Waals surface area contributed by atoms with Crippen molar-refractivity contribution in [1.29, 1.82) is 0 Å². The number of aromatic nitrogens is 3. The van der Waals surface area contributed by atoms with Crippen molar-refractivity contribution in [1.82, 2.24) is 15.0 Å². The number of rotatable bonds is 6. The summed E-state index contributed by atoms with van der Waals surface area (Å²) >= 11 is 0. The van der Waals surface area contributed by atoms with Crippen LogP contribution in [0.15, 0.2) is 24.5 Å². The Labute approximate surface area is 130 Å². The average Bonchev–Trinajstić information content (AvgIpc) is 3.30. The Morgan fingerprint density at radius 1 is 1.18 bits per heavy atom. The Balaban J connectivity index is 1.83. The molecule has 5 heteroatoms. The summed E-state index contributed by atoms with van der Waals surface area (Å²) in [5.41, 5.74) is 3.29. The molecule has 0 bridgehead atoms. The maximum Gasteiger partial charge on any atom is 0.161 e. The van der Waals surface area contributed by atoms with E-state index in [9.17, 15) is 5.11 Å². The highest BCUT2D eigenvalue weighted by Gasteiger charge is 2.41. The summed E-state index contributed by atoms with van der Waals surface area (Å²) < 4.78 is 0. The monoisotopic (exact) mass is 298 g/mol. The molecule has 116 valence electrons. The van der Waals surface area contributed by atoms with Gasteiger partial charge in [0, 0.05) is 42.4 Å². The highest BCUT2D eigenvalue weighted by Crippen LogP contribution is 2.48. The Hall–Kier alpha value is -2.01. The second-order valence-electron chi connectivity index (χ2n) is 6.17. The summed E-state index contributed by atoms with van der Waals surface area (Å²) in [5.74, 6) is 1.61.